The van der Waals surface area contributed by atoms with Crippen LogP contribution in [-0.4, -0.2) is 23.0 Å². The Morgan fingerprint density at radius 3 is 2.71 bits per heavy atom. The Hall–Kier alpha value is -1.84. The molecule has 4 heteroatoms. The van der Waals surface area contributed by atoms with Crippen LogP contribution in [-0.2, 0) is 9.59 Å². The molecule has 1 atom stereocenters. The molecule has 0 bridgehead atoms. The number of carboxylic acids is 1. The molecule has 2 rings (SSSR count). The van der Waals surface area contributed by atoms with Gasteiger partial charge >= 0.3 is 5.97 Å². The molecule has 1 aromatic rings. The van der Waals surface area contributed by atoms with Crippen molar-refractivity contribution in [3.8, 4) is 0 Å². The third-order valence-corrected chi connectivity index (χ3v) is 3.11. The van der Waals surface area contributed by atoms with Gasteiger partial charge in [-0.1, -0.05) is 17.7 Å². The number of anilines is 1. The predicted octanol–water partition coefficient (Wildman–Crippen LogP) is 1.88. The average Bonchev–Trinajstić information content (AvgIpc) is 2.60. The molecule has 1 saturated heterocycles. The van der Waals surface area contributed by atoms with Crippen molar-refractivity contribution < 1.29 is 14.7 Å². The van der Waals surface area contributed by atoms with E-state index in [1.807, 2.05) is 32.0 Å². The molecule has 1 unspecified atom stereocenters. The molecule has 0 saturated carbocycles. The summed E-state index contributed by atoms with van der Waals surface area (Å²) in [6, 6.07) is 4.96. The van der Waals surface area contributed by atoms with Gasteiger partial charge in [0, 0.05) is 12.1 Å². The van der Waals surface area contributed by atoms with E-state index in [-0.39, 0.29) is 5.91 Å². The Labute approximate surface area is 99.9 Å². The largest absolute Gasteiger partial charge is 0.480 e. The van der Waals surface area contributed by atoms with Gasteiger partial charge in [0.05, 0.1) is 0 Å². The molecule has 1 aromatic carbocycles. The second-order valence-corrected chi connectivity index (χ2v) is 4.45. The van der Waals surface area contributed by atoms with Gasteiger partial charge in [-0.15, -0.1) is 0 Å². The van der Waals surface area contributed by atoms with Gasteiger partial charge in [-0.2, -0.15) is 0 Å². The van der Waals surface area contributed by atoms with Crippen LogP contribution in [0.15, 0.2) is 18.2 Å². The summed E-state index contributed by atoms with van der Waals surface area (Å²) in [5.41, 5.74) is 2.75. The number of carbonyl (C=O) groups is 2. The number of aryl methyl sites for hydroxylation is 2. The van der Waals surface area contributed by atoms with E-state index in [1.54, 1.807) is 0 Å². The zero-order chi connectivity index (χ0) is 12.6. The summed E-state index contributed by atoms with van der Waals surface area (Å²) in [6.07, 6.45) is 0.700. The lowest BCUT2D eigenvalue weighted by Gasteiger charge is -2.23. The van der Waals surface area contributed by atoms with Crippen molar-refractivity contribution in [2.75, 3.05) is 4.90 Å². The minimum Gasteiger partial charge on any atom is -0.480 e. The van der Waals surface area contributed by atoms with Gasteiger partial charge in [0.25, 0.3) is 0 Å². The number of amides is 1. The molecule has 4 nitrogen and oxygen atoms in total. The summed E-state index contributed by atoms with van der Waals surface area (Å²) >= 11 is 0. The predicted molar refractivity (Wildman–Crippen MR) is 64.1 cm³/mol. The molecule has 1 fully saturated rings. The molecule has 0 aromatic heterocycles. The summed E-state index contributed by atoms with van der Waals surface area (Å²) in [4.78, 5) is 24.3. The fraction of sp³-hybridized carbons (Fsp3) is 0.385. The first-order valence-electron chi connectivity index (χ1n) is 5.63. The van der Waals surface area contributed by atoms with Crippen molar-refractivity contribution in [2.24, 2.45) is 0 Å². The highest BCUT2D eigenvalue weighted by molar-refractivity contribution is 6.02. The lowest BCUT2D eigenvalue weighted by molar-refractivity contribution is -0.138. The van der Waals surface area contributed by atoms with Crippen molar-refractivity contribution in [3.05, 3.63) is 29.3 Å². The smallest absolute Gasteiger partial charge is 0.326 e. The quantitative estimate of drug-likeness (QED) is 0.848. The monoisotopic (exact) mass is 233 g/mol. The number of carbonyl (C=O) groups excluding carboxylic acids is 1. The van der Waals surface area contributed by atoms with Gasteiger partial charge in [0.2, 0.25) is 5.91 Å². The molecule has 1 amide bonds. The molecule has 0 aliphatic carbocycles. The summed E-state index contributed by atoms with van der Waals surface area (Å²) in [7, 11) is 0. The molecular formula is C13H15NO3. The minimum atomic E-state index is -0.934. The molecule has 1 heterocycles. The van der Waals surface area contributed by atoms with Crippen LogP contribution >= 0.6 is 0 Å². The number of hydrogen-bond donors (Lipinski definition) is 1. The van der Waals surface area contributed by atoms with Crippen LogP contribution in [0.4, 0.5) is 5.69 Å². The van der Waals surface area contributed by atoms with Crippen LogP contribution in [0.2, 0.25) is 0 Å². The number of nitrogens with zero attached hydrogens (tertiary/aromatic N) is 1. The van der Waals surface area contributed by atoms with Crippen LogP contribution in [0.3, 0.4) is 0 Å². The number of benzene rings is 1. The molecule has 0 radical (unpaired) electrons. The summed E-state index contributed by atoms with van der Waals surface area (Å²) < 4.78 is 0. The fourth-order valence-corrected chi connectivity index (χ4v) is 2.30. The van der Waals surface area contributed by atoms with E-state index in [1.165, 1.54) is 4.90 Å². The fourth-order valence-electron chi connectivity index (χ4n) is 2.30. The van der Waals surface area contributed by atoms with Crippen LogP contribution in [0.5, 0.6) is 0 Å². The molecule has 90 valence electrons. The van der Waals surface area contributed by atoms with Gasteiger partial charge in [0.15, 0.2) is 0 Å². The third kappa shape index (κ3) is 2.02. The molecule has 0 spiro atoms. The van der Waals surface area contributed by atoms with Crippen LogP contribution in [0.25, 0.3) is 0 Å². The maximum atomic E-state index is 11.8. The summed E-state index contributed by atoms with van der Waals surface area (Å²) in [6.45, 7) is 3.87. The second-order valence-electron chi connectivity index (χ2n) is 4.45. The second kappa shape index (κ2) is 4.20. The van der Waals surface area contributed by atoms with Crippen molar-refractivity contribution in [3.63, 3.8) is 0 Å². The van der Waals surface area contributed by atoms with Crippen LogP contribution in [0, 0.1) is 13.8 Å². The van der Waals surface area contributed by atoms with Crippen molar-refractivity contribution in [1.29, 1.82) is 0 Å². The normalized spacial score (nSPS) is 19.8. The SMILES string of the molecule is Cc1ccc(N2C(=O)CCC2C(=O)O)c(C)c1. The Morgan fingerprint density at radius 2 is 2.12 bits per heavy atom. The summed E-state index contributed by atoms with van der Waals surface area (Å²) in [5.74, 6) is -1.04. The lowest BCUT2D eigenvalue weighted by atomic mass is 10.1. The van der Waals surface area contributed by atoms with E-state index < -0.39 is 12.0 Å². The summed E-state index contributed by atoms with van der Waals surface area (Å²) in [5, 5.41) is 9.11. The molecular weight excluding hydrogens is 218 g/mol. The van der Waals surface area contributed by atoms with E-state index in [2.05, 4.69) is 0 Å². The average molecular weight is 233 g/mol. The third-order valence-electron chi connectivity index (χ3n) is 3.11. The maximum Gasteiger partial charge on any atom is 0.326 e. The molecule has 1 N–H and O–H groups in total. The number of carboxylic acid groups (broad SMARTS) is 1. The van der Waals surface area contributed by atoms with E-state index >= 15 is 0 Å². The van der Waals surface area contributed by atoms with E-state index in [4.69, 9.17) is 5.11 Å². The van der Waals surface area contributed by atoms with Gasteiger partial charge < -0.3 is 5.11 Å². The minimum absolute atomic E-state index is 0.107. The maximum absolute atomic E-state index is 11.8. The Morgan fingerprint density at radius 1 is 1.41 bits per heavy atom. The molecule has 1 aliphatic rings. The number of aliphatic carboxylic acids is 1. The van der Waals surface area contributed by atoms with Crippen molar-refractivity contribution >= 4 is 17.6 Å². The Kier molecular flexibility index (Phi) is 2.88. The molecule has 1 aliphatic heterocycles. The standard InChI is InChI=1S/C13H15NO3/c1-8-3-4-10(9(2)7-8)14-11(13(16)17)5-6-12(14)15/h3-4,7,11H,5-6H2,1-2H3,(H,16,17). The highest BCUT2D eigenvalue weighted by Crippen LogP contribution is 2.29. The van der Waals surface area contributed by atoms with Crippen molar-refractivity contribution in [1.82, 2.24) is 0 Å². The van der Waals surface area contributed by atoms with E-state index in [0.29, 0.717) is 18.5 Å². The highest BCUT2D eigenvalue weighted by Gasteiger charge is 2.37. The van der Waals surface area contributed by atoms with Crippen LogP contribution in [0.1, 0.15) is 24.0 Å². The zero-order valence-electron chi connectivity index (χ0n) is 9.93. The topological polar surface area (TPSA) is 57.6 Å². The lowest BCUT2D eigenvalue weighted by Crippen LogP contribution is -2.38. The van der Waals surface area contributed by atoms with E-state index in [9.17, 15) is 9.59 Å². The number of rotatable bonds is 2. The van der Waals surface area contributed by atoms with Crippen LogP contribution < -0.4 is 4.90 Å². The Balaban J connectivity index is 2.43. The highest BCUT2D eigenvalue weighted by atomic mass is 16.4. The first kappa shape index (κ1) is 11.6. The van der Waals surface area contributed by atoms with Gasteiger partial charge in [-0.3, -0.25) is 9.69 Å². The van der Waals surface area contributed by atoms with Gasteiger partial charge in [-0.05, 0) is 31.9 Å². The number of hydrogen-bond acceptors (Lipinski definition) is 2. The van der Waals surface area contributed by atoms with E-state index in [0.717, 1.165) is 11.1 Å². The van der Waals surface area contributed by atoms with Crippen molar-refractivity contribution in [2.45, 2.75) is 32.7 Å². The zero-order valence-corrected chi connectivity index (χ0v) is 9.93. The van der Waals surface area contributed by atoms with Gasteiger partial charge in [-0.25, -0.2) is 4.79 Å². The van der Waals surface area contributed by atoms with Gasteiger partial charge in [0.1, 0.15) is 6.04 Å². The molecule has 17 heavy (non-hydrogen) atoms. The first-order valence-corrected chi connectivity index (χ1v) is 5.63. The Bertz CT molecular complexity index is 482. The first-order chi connectivity index (χ1) is 8.00.